The molecular weight excluding hydrogens is 262 g/mol. The highest BCUT2D eigenvalue weighted by Crippen LogP contribution is 2.20. The molecule has 1 aromatic carbocycles. The van der Waals surface area contributed by atoms with Gasteiger partial charge in [0.1, 0.15) is 21.9 Å². The third-order valence-corrected chi connectivity index (χ3v) is 3.08. The Bertz CT molecular complexity index is 518. The molecule has 0 N–H and O–H groups in total. The molecule has 2 nitrogen and oxygen atoms in total. The van der Waals surface area contributed by atoms with E-state index < -0.39 is 0 Å². The summed E-state index contributed by atoms with van der Waals surface area (Å²) in [7, 11) is 0. The molecule has 0 bridgehead atoms. The molecule has 0 atom stereocenters. The van der Waals surface area contributed by atoms with Crippen molar-refractivity contribution in [1.82, 2.24) is 9.97 Å². The van der Waals surface area contributed by atoms with Crippen LogP contribution in [0.3, 0.4) is 0 Å². The minimum absolute atomic E-state index is 0.269. The highest BCUT2D eigenvalue weighted by Gasteiger charge is 2.08. The lowest BCUT2D eigenvalue weighted by molar-refractivity contribution is 0.627. The number of rotatable bonds is 2. The van der Waals surface area contributed by atoms with Gasteiger partial charge < -0.3 is 0 Å². The van der Waals surface area contributed by atoms with E-state index in [1.165, 1.54) is 12.1 Å². The first kappa shape index (κ1) is 12.3. The Morgan fingerprint density at radius 3 is 2.12 bits per heavy atom. The summed E-state index contributed by atoms with van der Waals surface area (Å²) in [5, 5.41) is 0.698. The molecule has 0 amide bonds. The number of hydrogen-bond donors (Lipinski definition) is 0. The van der Waals surface area contributed by atoms with Crippen molar-refractivity contribution in [2.45, 2.75) is 13.3 Å². The zero-order chi connectivity index (χ0) is 12.4. The molecule has 0 aliphatic rings. The van der Waals surface area contributed by atoms with E-state index in [-0.39, 0.29) is 5.82 Å². The zero-order valence-corrected chi connectivity index (χ0v) is 10.6. The van der Waals surface area contributed by atoms with Crippen molar-refractivity contribution >= 4 is 23.2 Å². The van der Waals surface area contributed by atoms with Crippen molar-refractivity contribution in [3.63, 3.8) is 0 Å². The van der Waals surface area contributed by atoms with E-state index in [0.717, 1.165) is 5.56 Å². The number of nitrogens with zero attached hydrogens (tertiary/aromatic N) is 2. The van der Waals surface area contributed by atoms with Crippen molar-refractivity contribution in [3.05, 3.63) is 57.3 Å². The molecule has 0 unspecified atom stereocenters. The Kier molecular flexibility index (Phi) is 3.60. The van der Waals surface area contributed by atoms with Crippen LogP contribution >= 0.6 is 23.2 Å². The van der Waals surface area contributed by atoms with Crippen LogP contribution in [-0.4, -0.2) is 9.97 Å². The van der Waals surface area contributed by atoms with Gasteiger partial charge >= 0.3 is 0 Å². The second-order valence-electron chi connectivity index (χ2n) is 3.65. The SMILES string of the molecule is Cc1c(Cl)nc(Cc2ccc(F)cc2)nc1Cl. The molecule has 0 aliphatic carbocycles. The summed E-state index contributed by atoms with van der Waals surface area (Å²) in [6.07, 6.45) is 0.472. The zero-order valence-electron chi connectivity index (χ0n) is 9.04. The van der Waals surface area contributed by atoms with Gasteiger partial charge in [-0.2, -0.15) is 0 Å². The van der Waals surface area contributed by atoms with Crippen LogP contribution in [0.2, 0.25) is 10.3 Å². The maximum absolute atomic E-state index is 12.7. The molecule has 2 aromatic rings. The van der Waals surface area contributed by atoms with Crippen molar-refractivity contribution < 1.29 is 4.39 Å². The first-order valence-corrected chi connectivity index (χ1v) is 5.75. The molecule has 1 aromatic heterocycles. The van der Waals surface area contributed by atoms with Gasteiger partial charge in [0.05, 0.1) is 0 Å². The number of benzene rings is 1. The lowest BCUT2D eigenvalue weighted by Gasteiger charge is -2.04. The average Bonchev–Trinajstić information content (AvgIpc) is 2.29. The van der Waals surface area contributed by atoms with Crippen LogP contribution in [0.5, 0.6) is 0 Å². The Hall–Kier alpha value is -1.19. The number of halogens is 3. The fourth-order valence-electron chi connectivity index (χ4n) is 1.37. The monoisotopic (exact) mass is 270 g/mol. The Morgan fingerprint density at radius 1 is 1.06 bits per heavy atom. The molecule has 88 valence electrons. The van der Waals surface area contributed by atoms with Crippen molar-refractivity contribution in [3.8, 4) is 0 Å². The van der Waals surface area contributed by atoms with Crippen LogP contribution in [0.15, 0.2) is 24.3 Å². The van der Waals surface area contributed by atoms with Gasteiger partial charge in [-0.05, 0) is 24.6 Å². The van der Waals surface area contributed by atoms with Crippen molar-refractivity contribution in [1.29, 1.82) is 0 Å². The van der Waals surface area contributed by atoms with Gasteiger partial charge in [0, 0.05) is 12.0 Å². The van der Waals surface area contributed by atoms with Gasteiger partial charge in [0.25, 0.3) is 0 Å². The highest BCUT2D eigenvalue weighted by atomic mass is 35.5. The van der Waals surface area contributed by atoms with Gasteiger partial charge in [-0.3, -0.25) is 0 Å². The smallest absolute Gasteiger partial charge is 0.137 e. The van der Waals surface area contributed by atoms with Crippen LogP contribution in [-0.2, 0) is 6.42 Å². The summed E-state index contributed by atoms with van der Waals surface area (Å²) < 4.78 is 12.7. The fraction of sp³-hybridized carbons (Fsp3) is 0.167. The normalized spacial score (nSPS) is 10.6. The molecule has 5 heteroatoms. The minimum atomic E-state index is -0.269. The van der Waals surface area contributed by atoms with E-state index in [1.54, 1.807) is 19.1 Å². The molecule has 0 aliphatic heterocycles. The van der Waals surface area contributed by atoms with Gasteiger partial charge in [-0.25, -0.2) is 14.4 Å². The lowest BCUT2D eigenvalue weighted by atomic mass is 10.1. The maximum Gasteiger partial charge on any atom is 0.137 e. The van der Waals surface area contributed by atoms with Crippen LogP contribution in [0.4, 0.5) is 4.39 Å². The van der Waals surface area contributed by atoms with E-state index in [2.05, 4.69) is 9.97 Å². The third-order valence-electron chi connectivity index (χ3n) is 2.35. The van der Waals surface area contributed by atoms with Gasteiger partial charge in [-0.1, -0.05) is 35.3 Å². The second-order valence-corrected chi connectivity index (χ2v) is 4.37. The van der Waals surface area contributed by atoms with Gasteiger partial charge in [-0.15, -0.1) is 0 Å². The number of hydrogen-bond acceptors (Lipinski definition) is 2. The largest absolute Gasteiger partial charge is 0.220 e. The first-order chi connectivity index (χ1) is 8.06. The Balaban J connectivity index is 2.27. The van der Waals surface area contributed by atoms with Crippen LogP contribution < -0.4 is 0 Å². The molecule has 0 fully saturated rings. The molecule has 1 heterocycles. The Morgan fingerprint density at radius 2 is 1.59 bits per heavy atom. The molecule has 2 rings (SSSR count). The van der Waals surface area contributed by atoms with Gasteiger partial charge in [0.15, 0.2) is 0 Å². The first-order valence-electron chi connectivity index (χ1n) is 4.99. The summed E-state index contributed by atoms with van der Waals surface area (Å²) >= 11 is 11.8. The molecule has 0 saturated carbocycles. The van der Waals surface area contributed by atoms with Gasteiger partial charge in [0.2, 0.25) is 0 Å². The molecule has 0 spiro atoms. The van der Waals surface area contributed by atoms with Crippen LogP contribution in [0, 0.1) is 12.7 Å². The summed E-state index contributed by atoms with van der Waals surface area (Å²) in [4.78, 5) is 8.25. The standard InChI is InChI=1S/C12H9Cl2FN2/c1-7-11(13)16-10(17-12(7)14)6-8-2-4-9(15)5-3-8/h2-5H,6H2,1H3. The van der Waals surface area contributed by atoms with Crippen molar-refractivity contribution in [2.75, 3.05) is 0 Å². The molecular formula is C12H9Cl2FN2. The van der Waals surface area contributed by atoms with E-state index in [9.17, 15) is 4.39 Å². The summed E-state index contributed by atoms with van der Waals surface area (Å²) in [6, 6.07) is 6.15. The topological polar surface area (TPSA) is 25.8 Å². The van der Waals surface area contributed by atoms with Crippen molar-refractivity contribution in [2.24, 2.45) is 0 Å². The van der Waals surface area contributed by atoms with Crippen LogP contribution in [0.1, 0.15) is 17.0 Å². The number of aromatic nitrogens is 2. The predicted molar refractivity (Wildman–Crippen MR) is 66.0 cm³/mol. The fourth-order valence-corrected chi connectivity index (χ4v) is 1.79. The van der Waals surface area contributed by atoms with E-state index in [1.807, 2.05) is 0 Å². The lowest BCUT2D eigenvalue weighted by Crippen LogP contribution is -1.99. The third kappa shape index (κ3) is 2.93. The van der Waals surface area contributed by atoms with E-state index in [0.29, 0.717) is 28.1 Å². The van der Waals surface area contributed by atoms with E-state index >= 15 is 0 Å². The minimum Gasteiger partial charge on any atom is -0.220 e. The Labute approximate surface area is 108 Å². The summed E-state index contributed by atoms with van der Waals surface area (Å²) in [6.45, 7) is 1.76. The average molecular weight is 271 g/mol. The molecule has 0 saturated heterocycles. The second kappa shape index (κ2) is 4.98. The predicted octanol–water partition coefficient (Wildman–Crippen LogP) is 3.82. The van der Waals surface area contributed by atoms with E-state index in [4.69, 9.17) is 23.2 Å². The summed E-state index contributed by atoms with van der Waals surface area (Å²) in [5.74, 6) is 0.256. The summed E-state index contributed by atoms with van der Waals surface area (Å²) in [5.41, 5.74) is 1.57. The quantitative estimate of drug-likeness (QED) is 0.776. The van der Waals surface area contributed by atoms with Crippen LogP contribution in [0.25, 0.3) is 0 Å². The highest BCUT2D eigenvalue weighted by molar-refractivity contribution is 6.34. The molecule has 0 radical (unpaired) electrons. The molecule has 17 heavy (non-hydrogen) atoms. The maximum atomic E-state index is 12.7.